The highest BCUT2D eigenvalue weighted by molar-refractivity contribution is 6.32. The first-order valence-corrected chi connectivity index (χ1v) is 13.2. The van der Waals surface area contributed by atoms with E-state index in [1.165, 1.54) is 25.3 Å². The number of anilines is 2. The van der Waals surface area contributed by atoms with Crippen molar-refractivity contribution in [3.05, 3.63) is 75.2 Å². The summed E-state index contributed by atoms with van der Waals surface area (Å²) in [5.74, 6) is -0.280. The van der Waals surface area contributed by atoms with Crippen LogP contribution in [0.1, 0.15) is 47.2 Å². The van der Waals surface area contributed by atoms with E-state index in [1.807, 2.05) is 31.4 Å². The summed E-state index contributed by atoms with van der Waals surface area (Å²) in [5.41, 5.74) is 1.75. The van der Waals surface area contributed by atoms with Gasteiger partial charge in [0.05, 0.1) is 25.5 Å². The van der Waals surface area contributed by atoms with Crippen molar-refractivity contribution in [3.8, 4) is 23.3 Å². The molecular formula is C28H24Cl2N6O4. The van der Waals surface area contributed by atoms with Crippen LogP contribution < -0.4 is 19.7 Å². The summed E-state index contributed by atoms with van der Waals surface area (Å²) in [6.45, 7) is 5.77. The number of aromatic nitrogens is 4. The molecule has 0 radical (unpaired) electrons. The van der Waals surface area contributed by atoms with Gasteiger partial charge < -0.3 is 19.4 Å². The van der Waals surface area contributed by atoms with Gasteiger partial charge in [0, 0.05) is 39.2 Å². The molecule has 2 aromatic carbocycles. The zero-order valence-electron chi connectivity index (χ0n) is 22.2. The van der Waals surface area contributed by atoms with Crippen LogP contribution in [0, 0.1) is 6.92 Å². The van der Waals surface area contributed by atoms with Crippen LogP contribution in [0.25, 0.3) is 11.4 Å². The molecule has 0 aliphatic carbocycles. The molecule has 6 rings (SSSR count). The number of aryl methyl sites for hydroxylation is 1. The zero-order chi connectivity index (χ0) is 28.5. The van der Waals surface area contributed by atoms with Gasteiger partial charge in [0.2, 0.25) is 5.88 Å². The summed E-state index contributed by atoms with van der Waals surface area (Å²) in [4.78, 5) is 43.5. The predicted octanol–water partition coefficient (Wildman–Crippen LogP) is 5.41. The number of nitrogens with one attached hydrogen (secondary N) is 1. The molecule has 1 atom stereocenters. The Hall–Kier alpha value is -4.15. The van der Waals surface area contributed by atoms with E-state index in [-0.39, 0.29) is 23.6 Å². The topological polar surface area (TPSA) is 111 Å². The summed E-state index contributed by atoms with van der Waals surface area (Å²) in [7, 11) is 2.93. The molecule has 0 fully saturated rings. The van der Waals surface area contributed by atoms with Gasteiger partial charge in [-0.15, -0.1) is 0 Å². The Morgan fingerprint density at radius 3 is 2.45 bits per heavy atom. The Balaban J connectivity index is 1.72. The van der Waals surface area contributed by atoms with E-state index < -0.39 is 17.4 Å². The first-order valence-electron chi connectivity index (χ1n) is 12.4. The molecule has 0 saturated carbocycles. The van der Waals surface area contributed by atoms with Crippen LogP contribution in [-0.2, 0) is 10.3 Å². The number of carbonyl (C=O) groups excluding carboxylic acids is 2. The van der Waals surface area contributed by atoms with Gasteiger partial charge in [-0.2, -0.15) is 4.98 Å². The van der Waals surface area contributed by atoms with Crippen molar-refractivity contribution < 1.29 is 19.1 Å². The third-order valence-electron chi connectivity index (χ3n) is 7.09. The number of ether oxygens (including phenoxy) is 2. The second-order valence-corrected chi connectivity index (χ2v) is 10.7. The number of halogens is 2. The average Bonchev–Trinajstić information content (AvgIpc) is 3.51. The Labute approximate surface area is 239 Å². The Bertz CT molecular complexity index is 1720. The third kappa shape index (κ3) is 3.52. The first-order chi connectivity index (χ1) is 19.1. The van der Waals surface area contributed by atoms with E-state index in [2.05, 4.69) is 15.3 Å². The summed E-state index contributed by atoms with van der Waals surface area (Å²) in [5, 5.41) is 3.84. The number of amides is 2. The molecule has 2 amide bonds. The van der Waals surface area contributed by atoms with E-state index in [9.17, 15) is 9.59 Å². The lowest BCUT2D eigenvalue weighted by Gasteiger charge is -2.36. The van der Waals surface area contributed by atoms with Crippen LogP contribution in [-0.4, -0.2) is 45.6 Å². The molecule has 2 aliphatic heterocycles. The van der Waals surface area contributed by atoms with Crippen LogP contribution in [0.5, 0.6) is 11.9 Å². The number of nitrogens with zero attached hydrogens (tertiary/aromatic N) is 5. The molecule has 10 nitrogen and oxygen atoms in total. The molecule has 2 aliphatic rings. The number of methoxy groups -OCH3 is 2. The van der Waals surface area contributed by atoms with Gasteiger partial charge in [0.25, 0.3) is 11.8 Å². The Kier molecular flexibility index (Phi) is 6.01. The SMILES string of the molecule is COc1ncc(-c2nc3c(n2C(C)C)C2(C(=O)Nc4cc(Cl)ccc42)N(c2cc(C)cc(Cl)c2)C3=O)c(OC)n1. The predicted molar refractivity (Wildman–Crippen MR) is 151 cm³/mol. The maximum absolute atomic E-state index is 14.4. The lowest BCUT2D eigenvalue weighted by molar-refractivity contribution is -0.119. The van der Waals surface area contributed by atoms with Gasteiger partial charge in [0.1, 0.15) is 5.82 Å². The smallest absolute Gasteiger partial charge is 0.319 e. The highest BCUT2D eigenvalue weighted by Gasteiger charge is 2.64. The minimum Gasteiger partial charge on any atom is -0.480 e. The lowest BCUT2D eigenvalue weighted by Crippen LogP contribution is -2.51. The molecular weight excluding hydrogens is 555 g/mol. The number of carbonyl (C=O) groups is 2. The standard InChI is InChI=1S/C28H24Cl2N6O4/c1-13(2)35-22-21(33-23(35)18-12-31-27(40-5)34-24(18)39-4)25(37)36(17-9-14(3)8-16(30)10-17)28(22)19-7-6-15(29)11-20(19)32-26(28)38/h6-13H,1-5H3,(H,32,38). The molecule has 4 aromatic rings. The van der Waals surface area contributed by atoms with Gasteiger partial charge in [-0.3, -0.25) is 14.5 Å². The number of imidazole rings is 1. The number of hydrogen-bond donors (Lipinski definition) is 1. The van der Waals surface area contributed by atoms with E-state index >= 15 is 0 Å². The van der Waals surface area contributed by atoms with Crippen molar-refractivity contribution in [1.82, 2.24) is 19.5 Å². The fourth-order valence-electron chi connectivity index (χ4n) is 5.63. The van der Waals surface area contributed by atoms with Crippen molar-refractivity contribution >= 4 is 46.4 Å². The lowest BCUT2D eigenvalue weighted by atomic mass is 9.87. The molecule has 4 heterocycles. The summed E-state index contributed by atoms with van der Waals surface area (Å²) in [6, 6.07) is 10.3. The van der Waals surface area contributed by atoms with Gasteiger partial charge in [-0.1, -0.05) is 29.3 Å². The van der Waals surface area contributed by atoms with Crippen molar-refractivity contribution in [2.75, 3.05) is 24.4 Å². The molecule has 1 N–H and O–H groups in total. The number of fused-ring (bicyclic) bond motifs is 4. The van der Waals surface area contributed by atoms with E-state index in [0.717, 1.165) is 5.56 Å². The second-order valence-electron chi connectivity index (χ2n) is 9.86. The fourth-order valence-corrected chi connectivity index (χ4v) is 6.08. The fraction of sp³-hybridized carbons (Fsp3) is 0.250. The molecule has 0 bridgehead atoms. The molecule has 204 valence electrons. The number of hydrogen-bond acceptors (Lipinski definition) is 7. The number of benzene rings is 2. The second kappa shape index (κ2) is 9.21. The van der Waals surface area contributed by atoms with E-state index in [1.54, 1.807) is 30.3 Å². The minimum atomic E-state index is -1.60. The molecule has 2 aromatic heterocycles. The van der Waals surface area contributed by atoms with Crippen LogP contribution in [0.3, 0.4) is 0 Å². The molecule has 40 heavy (non-hydrogen) atoms. The first kappa shape index (κ1) is 26.1. The van der Waals surface area contributed by atoms with E-state index in [0.29, 0.717) is 44.1 Å². The van der Waals surface area contributed by atoms with Crippen LogP contribution in [0.4, 0.5) is 11.4 Å². The summed E-state index contributed by atoms with van der Waals surface area (Å²) in [6.07, 6.45) is 1.53. The van der Waals surface area contributed by atoms with Gasteiger partial charge in [0.15, 0.2) is 11.2 Å². The third-order valence-corrected chi connectivity index (χ3v) is 7.55. The highest BCUT2D eigenvalue weighted by Crippen LogP contribution is 2.54. The van der Waals surface area contributed by atoms with Crippen LogP contribution in [0.2, 0.25) is 10.0 Å². The van der Waals surface area contributed by atoms with Crippen molar-refractivity contribution in [3.63, 3.8) is 0 Å². The average molecular weight is 579 g/mol. The minimum absolute atomic E-state index is 0.117. The zero-order valence-corrected chi connectivity index (χ0v) is 23.8. The Morgan fingerprint density at radius 2 is 1.77 bits per heavy atom. The van der Waals surface area contributed by atoms with Crippen LogP contribution >= 0.6 is 23.2 Å². The summed E-state index contributed by atoms with van der Waals surface area (Å²) >= 11 is 12.8. The molecule has 0 saturated heterocycles. The largest absolute Gasteiger partial charge is 0.480 e. The van der Waals surface area contributed by atoms with Crippen molar-refractivity contribution in [2.24, 2.45) is 0 Å². The normalized spacial score (nSPS) is 17.4. The van der Waals surface area contributed by atoms with Crippen LogP contribution in [0.15, 0.2) is 42.6 Å². The van der Waals surface area contributed by atoms with Gasteiger partial charge >= 0.3 is 6.01 Å². The maximum atomic E-state index is 14.4. The van der Waals surface area contributed by atoms with Crippen molar-refractivity contribution in [1.29, 1.82) is 0 Å². The molecule has 1 spiro atoms. The number of rotatable bonds is 5. The molecule has 12 heteroatoms. The van der Waals surface area contributed by atoms with Crippen molar-refractivity contribution in [2.45, 2.75) is 32.4 Å². The maximum Gasteiger partial charge on any atom is 0.319 e. The highest BCUT2D eigenvalue weighted by atomic mass is 35.5. The molecule has 1 unspecified atom stereocenters. The van der Waals surface area contributed by atoms with Gasteiger partial charge in [-0.05, 0) is 56.7 Å². The quantitative estimate of drug-likeness (QED) is 0.337. The van der Waals surface area contributed by atoms with E-state index in [4.69, 9.17) is 37.7 Å². The summed E-state index contributed by atoms with van der Waals surface area (Å²) < 4.78 is 12.6. The Morgan fingerprint density at radius 1 is 1.00 bits per heavy atom. The monoisotopic (exact) mass is 578 g/mol. The van der Waals surface area contributed by atoms with Gasteiger partial charge in [-0.25, -0.2) is 9.97 Å².